The van der Waals surface area contributed by atoms with Gasteiger partial charge in [-0.1, -0.05) is 18.2 Å². The molecule has 1 heterocycles. The third kappa shape index (κ3) is 5.65. The molecule has 0 aliphatic carbocycles. The van der Waals surface area contributed by atoms with Crippen LogP contribution < -0.4 is 10.1 Å². The van der Waals surface area contributed by atoms with Crippen LogP contribution in [-0.4, -0.2) is 24.1 Å². The summed E-state index contributed by atoms with van der Waals surface area (Å²) in [7, 11) is 1.67. The minimum Gasteiger partial charge on any atom is -0.456 e. The second kappa shape index (κ2) is 9.67. The number of para-hydroxylation sites is 1. The lowest BCUT2D eigenvalue weighted by molar-refractivity contribution is 0.102. The number of amides is 1. The normalized spacial score (nSPS) is 11.7. The van der Waals surface area contributed by atoms with Crippen LogP contribution in [0.15, 0.2) is 65.1 Å². The van der Waals surface area contributed by atoms with Crippen molar-refractivity contribution < 1.29 is 14.3 Å². The van der Waals surface area contributed by atoms with Crippen LogP contribution in [0.2, 0.25) is 0 Å². The van der Waals surface area contributed by atoms with Crippen molar-refractivity contribution in [1.82, 2.24) is 4.98 Å². The molecular weight excluding hydrogens is 432 g/mol. The first kappa shape index (κ1) is 21.0. The molecule has 0 saturated carbocycles. The van der Waals surface area contributed by atoms with E-state index in [0.717, 1.165) is 10.2 Å². The van der Waals surface area contributed by atoms with Gasteiger partial charge in [0.1, 0.15) is 11.5 Å². The van der Waals surface area contributed by atoms with Gasteiger partial charge in [-0.2, -0.15) is 0 Å². The molecule has 150 valence electrons. The first-order chi connectivity index (χ1) is 14.0. The SMILES string of the molecule is COC(C)Cc1ccc(C(=O)Nc2cccc(Oc3ccccc3Br)c2)c(C)n1. The number of halogens is 1. The molecule has 3 aromatic rings. The molecule has 2 aromatic carbocycles. The van der Waals surface area contributed by atoms with Crippen LogP contribution in [0.5, 0.6) is 11.5 Å². The third-order valence-electron chi connectivity index (χ3n) is 4.44. The fourth-order valence-electron chi connectivity index (χ4n) is 2.83. The van der Waals surface area contributed by atoms with Gasteiger partial charge in [-0.05, 0) is 66.2 Å². The van der Waals surface area contributed by atoms with Gasteiger partial charge in [-0.15, -0.1) is 0 Å². The zero-order valence-electron chi connectivity index (χ0n) is 16.6. The van der Waals surface area contributed by atoms with Crippen LogP contribution in [0.1, 0.15) is 28.7 Å². The van der Waals surface area contributed by atoms with Crippen molar-refractivity contribution in [2.24, 2.45) is 0 Å². The fourth-order valence-corrected chi connectivity index (χ4v) is 3.20. The molecule has 1 atom stereocenters. The molecule has 1 aromatic heterocycles. The average molecular weight is 455 g/mol. The molecule has 1 amide bonds. The molecule has 0 saturated heterocycles. The second-order valence-electron chi connectivity index (χ2n) is 6.70. The van der Waals surface area contributed by atoms with Crippen molar-refractivity contribution in [2.45, 2.75) is 26.4 Å². The number of carbonyl (C=O) groups is 1. The summed E-state index contributed by atoms with van der Waals surface area (Å²) in [6.07, 6.45) is 0.780. The van der Waals surface area contributed by atoms with E-state index >= 15 is 0 Å². The quantitative estimate of drug-likeness (QED) is 0.491. The minimum atomic E-state index is -0.209. The number of benzene rings is 2. The predicted molar refractivity (Wildman–Crippen MR) is 118 cm³/mol. The number of aromatic nitrogens is 1. The van der Waals surface area contributed by atoms with Gasteiger partial charge in [0.15, 0.2) is 0 Å². The minimum absolute atomic E-state index is 0.0777. The number of ether oxygens (including phenoxy) is 2. The first-order valence-electron chi connectivity index (χ1n) is 9.29. The number of pyridine rings is 1. The van der Waals surface area contributed by atoms with Gasteiger partial charge >= 0.3 is 0 Å². The smallest absolute Gasteiger partial charge is 0.257 e. The molecule has 0 bridgehead atoms. The van der Waals surface area contributed by atoms with Crippen LogP contribution >= 0.6 is 15.9 Å². The Hall–Kier alpha value is -2.70. The summed E-state index contributed by atoms with van der Waals surface area (Å²) in [5.41, 5.74) is 2.77. The Labute approximate surface area is 179 Å². The van der Waals surface area contributed by atoms with E-state index in [-0.39, 0.29) is 12.0 Å². The van der Waals surface area contributed by atoms with Crippen LogP contribution in [0.3, 0.4) is 0 Å². The molecule has 0 aliphatic heterocycles. The summed E-state index contributed by atoms with van der Waals surface area (Å²) in [6, 6.07) is 18.6. The number of anilines is 1. The highest BCUT2D eigenvalue weighted by Crippen LogP contribution is 2.30. The maximum Gasteiger partial charge on any atom is 0.257 e. The zero-order chi connectivity index (χ0) is 20.8. The zero-order valence-corrected chi connectivity index (χ0v) is 18.2. The monoisotopic (exact) mass is 454 g/mol. The molecule has 0 aliphatic rings. The number of carbonyl (C=O) groups excluding carboxylic acids is 1. The number of hydrogen-bond acceptors (Lipinski definition) is 4. The number of hydrogen-bond donors (Lipinski definition) is 1. The molecule has 6 heteroatoms. The van der Waals surface area contributed by atoms with E-state index in [1.807, 2.05) is 62.4 Å². The van der Waals surface area contributed by atoms with E-state index in [2.05, 4.69) is 26.2 Å². The average Bonchev–Trinajstić information content (AvgIpc) is 2.70. The van der Waals surface area contributed by atoms with Crippen LogP contribution in [0, 0.1) is 6.92 Å². The molecule has 5 nitrogen and oxygen atoms in total. The van der Waals surface area contributed by atoms with Gasteiger partial charge < -0.3 is 14.8 Å². The summed E-state index contributed by atoms with van der Waals surface area (Å²) in [5.74, 6) is 1.13. The van der Waals surface area contributed by atoms with E-state index in [1.165, 1.54) is 0 Å². The maximum atomic E-state index is 12.7. The number of nitrogens with one attached hydrogen (secondary N) is 1. The van der Waals surface area contributed by atoms with Crippen LogP contribution in [0.25, 0.3) is 0 Å². The predicted octanol–water partition coefficient (Wildman–Crippen LogP) is 5.77. The van der Waals surface area contributed by atoms with E-state index in [9.17, 15) is 4.79 Å². The Morgan fingerprint density at radius 3 is 2.66 bits per heavy atom. The Bertz CT molecular complexity index is 1010. The Kier molecular flexibility index (Phi) is 7.01. The van der Waals surface area contributed by atoms with E-state index < -0.39 is 0 Å². The standard InChI is InChI=1S/C23H23BrN2O3/c1-15(28-3)13-18-11-12-20(16(2)25-18)23(27)26-17-7-6-8-19(14-17)29-22-10-5-4-9-21(22)24/h4-12,14-15H,13H2,1-3H3,(H,26,27). The molecule has 0 spiro atoms. The van der Waals surface area contributed by atoms with Crippen LogP contribution in [0.4, 0.5) is 5.69 Å². The van der Waals surface area contributed by atoms with Gasteiger partial charge in [-0.25, -0.2) is 0 Å². The van der Waals surface area contributed by atoms with E-state index in [4.69, 9.17) is 9.47 Å². The summed E-state index contributed by atoms with van der Waals surface area (Å²) < 4.78 is 12.0. The Balaban J connectivity index is 1.71. The summed E-state index contributed by atoms with van der Waals surface area (Å²) in [4.78, 5) is 17.3. The van der Waals surface area contributed by atoms with Crippen molar-refractivity contribution in [3.8, 4) is 11.5 Å². The third-order valence-corrected chi connectivity index (χ3v) is 5.10. The summed E-state index contributed by atoms with van der Waals surface area (Å²) >= 11 is 3.47. The Morgan fingerprint density at radius 1 is 1.14 bits per heavy atom. The highest BCUT2D eigenvalue weighted by atomic mass is 79.9. The lowest BCUT2D eigenvalue weighted by Crippen LogP contribution is -2.16. The van der Waals surface area contributed by atoms with Gasteiger partial charge in [-0.3, -0.25) is 9.78 Å². The van der Waals surface area contributed by atoms with Crippen LogP contribution in [-0.2, 0) is 11.2 Å². The van der Waals surface area contributed by atoms with Crippen molar-refractivity contribution in [3.63, 3.8) is 0 Å². The number of aryl methyl sites for hydroxylation is 1. The number of rotatable bonds is 7. The van der Waals surface area contributed by atoms with Gasteiger partial charge in [0.2, 0.25) is 0 Å². The van der Waals surface area contributed by atoms with Gasteiger partial charge in [0.25, 0.3) is 5.91 Å². The highest BCUT2D eigenvalue weighted by Gasteiger charge is 2.13. The summed E-state index contributed by atoms with van der Waals surface area (Å²) in [6.45, 7) is 3.82. The van der Waals surface area contributed by atoms with Crippen molar-refractivity contribution in [2.75, 3.05) is 12.4 Å². The first-order valence-corrected chi connectivity index (χ1v) is 10.1. The van der Waals surface area contributed by atoms with E-state index in [1.54, 1.807) is 19.2 Å². The molecule has 29 heavy (non-hydrogen) atoms. The molecule has 0 fully saturated rings. The molecule has 1 unspecified atom stereocenters. The highest BCUT2D eigenvalue weighted by molar-refractivity contribution is 9.10. The van der Waals surface area contributed by atoms with E-state index in [0.29, 0.717) is 34.9 Å². The van der Waals surface area contributed by atoms with Gasteiger partial charge in [0.05, 0.1) is 21.8 Å². The largest absolute Gasteiger partial charge is 0.456 e. The lowest BCUT2D eigenvalue weighted by Gasteiger charge is -2.12. The van der Waals surface area contributed by atoms with Crippen molar-refractivity contribution >= 4 is 27.5 Å². The number of nitrogens with zero attached hydrogens (tertiary/aromatic N) is 1. The van der Waals surface area contributed by atoms with Crippen molar-refractivity contribution in [1.29, 1.82) is 0 Å². The molecule has 0 radical (unpaired) electrons. The molecular formula is C23H23BrN2O3. The fraction of sp³-hybridized carbons (Fsp3) is 0.217. The Morgan fingerprint density at radius 2 is 1.93 bits per heavy atom. The van der Waals surface area contributed by atoms with Gasteiger partial charge in [0, 0.05) is 31.0 Å². The maximum absolute atomic E-state index is 12.7. The second-order valence-corrected chi connectivity index (χ2v) is 7.55. The van der Waals surface area contributed by atoms with Crippen molar-refractivity contribution in [3.05, 3.63) is 82.1 Å². The molecule has 3 rings (SSSR count). The lowest BCUT2D eigenvalue weighted by atomic mass is 10.1. The topological polar surface area (TPSA) is 60.5 Å². The molecule has 1 N–H and O–H groups in total. The summed E-state index contributed by atoms with van der Waals surface area (Å²) in [5, 5.41) is 2.92. The number of methoxy groups -OCH3 is 1.